The number of hydrogen-bond acceptors (Lipinski definition) is 7. The van der Waals surface area contributed by atoms with E-state index in [4.69, 9.17) is 22.2 Å². The molecule has 152 valence electrons. The molecule has 0 spiro atoms. The Bertz CT molecular complexity index is 826. The number of esters is 1. The summed E-state index contributed by atoms with van der Waals surface area (Å²) < 4.78 is 44.6. The molecule has 0 aromatic heterocycles. The van der Waals surface area contributed by atoms with E-state index in [1.165, 1.54) is 19.2 Å². The Morgan fingerprint density at radius 3 is 2.43 bits per heavy atom. The second-order valence-corrected chi connectivity index (χ2v) is 5.75. The van der Waals surface area contributed by atoms with Crippen molar-refractivity contribution in [1.29, 1.82) is 0 Å². The van der Waals surface area contributed by atoms with Crippen molar-refractivity contribution in [2.24, 2.45) is 5.84 Å². The molecular weight excluding hydrogens is 407 g/mol. The van der Waals surface area contributed by atoms with E-state index in [1.54, 1.807) is 0 Å². The number of carbonyl (C=O) groups excluding carboxylic acids is 4. The van der Waals surface area contributed by atoms with E-state index in [0.717, 1.165) is 18.2 Å². The van der Waals surface area contributed by atoms with Crippen LogP contribution in [0.15, 0.2) is 30.0 Å². The largest absolute Gasteiger partial charge is 0.451 e. The Labute approximate surface area is 162 Å². The highest BCUT2D eigenvalue weighted by Gasteiger charge is 2.38. The third kappa shape index (κ3) is 6.06. The second kappa shape index (κ2) is 9.33. The summed E-state index contributed by atoms with van der Waals surface area (Å²) in [6, 6.07) is 3.05. The molecule has 1 aromatic rings. The Kier molecular flexibility index (Phi) is 7.70. The predicted octanol–water partition coefficient (Wildman–Crippen LogP) is 1.87. The fourth-order valence-corrected chi connectivity index (χ4v) is 1.97. The van der Waals surface area contributed by atoms with Crippen molar-refractivity contribution in [3.63, 3.8) is 0 Å². The normalized spacial score (nSPS) is 12.8. The number of hydrogen-bond donors (Lipinski definition) is 2. The van der Waals surface area contributed by atoms with Gasteiger partial charge >= 0.3 is 12.1 Å². The van der Waals surface area contributed by atoms with Crippen molar-refractivity contribution in [3.8, 4) is 0 Å². The number of ether oxygens (including phenoxy) is 1. The lowest BCUT2D eigenvalue weighted by molar-refractivity contribution is -0.125. The van der Waals surface area contributed by atoms with Crippen molar-refractivity contribution in [1.82, 2.24) is 5.32 Å². The Hall–Kier alpha value is -2.92. The van der Waals surface area contributed by atoms with Crippen LogP contribution < -0.4 is 16.2 Å². The van der Waals surface area contributed by atoms with Gasteiger partial charge in [-0.2, -0.15) is 13.2 Å². The van der Waals surface area contributed by atoms with Crippen LogP contribution in [0.25, 0.3) is 0 Å². The summed E-state index contributed by atoms with van der Waals surface area (Å²) in [6.07, 6.45) is -6.20. The molecule has 28 heavy (non-hydrogen) atoms. The number of imide groups is 1. The molecule has 2 amide bonds. The third-order valence-electron chi connectivity index (χ3n) is 3.32. The molecule has 1 aromatic carbocycles. The number of amides is 2. The first-order valence-electron chi connectivity index (χ1n) is 7.47. The Morgan fingerprint density at radius 2 is 1.93 bits per heavy atom. The maximum Gasteiger partial charge on any atom is 0.433 e. The molecule has 0 saturated heterocycles. The molecule has 1 unspecified atom stereocenters. The Morgan fingerprint density at radius 1 is 1.32 bits per heavy atom. The van der Waals surface area contributed by atoms with Crippen LogP contribution in [0.3, 0.4) is 0 Å². The predicted molar refractivity (Wildman–Crippen MR) is 92.0 cm³/mol. The van der Waals surface area contributed by atoms with Crippen molar-refractivity contribution in [2.75, 3.05) is 5.01 Å². The third-order valence-corrected chi connectivity index (χ3v) is 3.65. The van der Waals surface area contributed by atoms with Crippen LogP contribution in [0.4, 0.5) is 18.9 Å². The lowest BCUT2D eigenvalue weighted by atomic mass is 10.1. The minimum Gasteiger partial charge on any atom is -0.451 e. The van der Waals surface area contributed by atoms with E-state index in [0.29, 0.717) is 0 Å². The van der Waals surface area contributed by atoms with Gasteiger partial charge in [0, 0.05) is 6.08 Å². The number of halogens is 4. The van der Waals surface area contributed by atoms with Crippen LogP contribution in [-0.2, 0) is 19.1 Å². The maximum atomic E-state index is 13.2. The number of rotatable bonds is 7. The summed E-state index contributed by atoms with van der Waals surface area (Å²) in [5, 5.41) is 1.45. The summed E-state index contributed by atoms with van der Waals surface area (Å²) in [7, 11) is 0. The topological polar surface area (TPSA) is 119 Å². The number of allylic oxidation sites excluding steroid dienone is 1. The first kappa shape index (κ1) is 23.1. The Balaban J connectivity index is 3.31. The van der Waals surface area contributed by atoms with Gasteiger partial charge in [0.15, 0.2) is 11.9 Å². The fourth-order valence-electron chi connectivity index (χ4n) is 1.78. The van der Waals surface area contributed by atoms with Crippen LogP contribution in [-0.4, -0.2) is 36.4 Å². The molecule has 0 saturated carbocycles. The number of nitrogens with zero attached hydrogens (tertiary/aromatic N) is 1. The lowest BCUT2D eigenvalue weighted by Crippen LogP contribution is -2.39. The van der Waals surface area contributed by atoms with Crippen LogP contribution >= 0.6 is 11.6 Å². The van der Waals surface area contributed by atoms with Gasteiger partial charge in [-0.15, -0.1) is 0 Å². The number of nitrogens with one attached hydrogen (secondary N) is 1. The number of Topliss-reactive ketones (excluding diaryl/α,β-unsaturated/α-hetero) is 1. The van der Waals surface area contributed by atoms with Crippen molar-refractivity contribution in [2.45, 2.75) is 26.1 Å². The molecule has 3 N–H and O–H groups in total. The number of carbonyl (C=O) groups is 4. The zero-order valence-corrected chi connectivity index (χ0v) is 15.3. The van der Waals surface area contributed by atoms with Crippen LogP contribution in [0.1, 0.15) is 24.2 Å². The van der Waals surface area contributed by atoms with Gasteiger partial charge in [0.05, 0.1) is 16.3 Å². The monoisotopic (exact) mass is 421 g/mol. The smallest absolute Gasteiger partial charge is 0.433 e. The molecular formula is C16H15ClF3N3O5. The molecule has 12 heteroatoms. The highest BCUT2D eigenvalue weighted by Crippen LogP contribution is 2.32. The molecule has 8 nitrogen and oxygen atoms in total. The highest BCUT2D eigenvalue weighted by atomic mass is 35.5. The van der Waals surface area contributed by atoms with E-state index in [1.807, 2.05) is 0 Å². The quantitative estimate of drug-likeness (QED) is 0.227. The number of nitrogens with two attached hydrogens (primary N) is 1. The number of anilines is 1. The van der Waals surface area contributed by atoms with E-state index in [9.17, 15) is 32.3 Å². The molecule has 0 aliphatic rings. The van der Waals surface area contributed by atoms with Crippen molar-refractivity contribution < 1.29 is 37.1 Å². The van der Waals surface area contributed by atoms with E-state index in [2.05, 4.69) is 0 Å². The first-order chi connectivity index (χ1) is 12.9. The zero-order valence-electron chi connectivity index (χ0n) is 14.5. The fraction of sp³-hybridized carbons (Fsp3) is 0.250. The average Bonchev–Trinajstić information content (AvgIpc) is 2.58. The average molecular weight is 422 g/mol. The van der Waals surface area contributed by atoms with Crippen LogP contribution in [0, 0.1) is 0 Å². The molecule has 0 radical (unpaired) electrons. The van der Waals surface area contributed by atoms with Gasteiger partial charge in [0.25, 0.3) is 5.91 Å². The van der Waals surface area contributed by atoms with Gasteiger partial charge in [0.2, 0.25) is 6.41 Å². The molecule has 0 aliphatic carbocycles. The summed E-state index contributed by atoms with van der Waals surface area (Å²) in [5.41, 5.74) is -2.33. The van der Waals surface area contributed by atoms with Gasteiger partial charge < -0.3 is 4.74 Å². The van der Waals surface area contributed by atoms with Gasteiger partial charge in [-0.1, -0.05) is 11.6 Å². The summed E-state index contributed by atoms with van der Waals surface area (Å²) in [6.45, 7) is 2.49. The molecule has 0 heterocycles. The number of benzene rings is 1. The van der Waals surface area contributed by atoms with E-state index >= 15 is 0 Å². The summed E-state index contributed by atoms with van der Waals surface area (Å²) >= 11 is 5.87. The second-order valence-electron chi connectivity index (χ2n) is 5.35. The van der Waals surface area contributed by atoms with Crippen molar-refractivity contribution >= 4 is 41.4 Å². The maximum absolute atomic E-state index is 13.2. The SMILES string of the molecule is CC(=O)C(C)OC(=O)c1cc(N(N)/C(=C\C(=O)NC=O)C(F)(F)F)ccc1Cl. The van der Waals surface area contributed by atoms with Crippen molar-refractivity contribution in [3.05, 3.63) is 40.6 Å². The number of ketones is 1. The summed E-state index contributed by atoms with van der Waals surface area (Å²) in [4.78, 5) is 44.8. The van der Waals surface area contributed by atoms with Gasteiger partial charge in [0.1, 0.15) is 5.70 Å². The number of alkyl halides is 3. The summed E-state index contributed by atoms with van der Waals surface area (Å²) in [5.74, 6) is 2.60. The van der Waals surface area contributed by atoms with Crippen LogP contribution in [0.5, 0.6) is 0 Å². The first-order valence-corrected chi connectivity index (χ1v) is 7.85. The molecule has 1 atom stereocenters. The molecule has 1 rings (SSSR count). The highest BCUT2D eigenvalue weighted by molar-refractivity contribution is 6.33. The minimum absolute atomic E-state index is 0.0683. The standard InChI is InChI=1S/C16H15ClF3N3O5/c1-8(25)9(2)28-15(27)11-5-10(3-4-12(11)17)23(21)13(16(18,19)20)6-14(26)22-7-24/h3-7,9H,21H2,1-2H3,(H,22,24,26)/b13-6-. The van der Waals surface area contributed by atoms with Crippen LogP contribution in [0.2, 0.25) is 5.02 Å². The van der Waals surface area contributed by atoms with E-state index < -0.39 is 35.6 Å². The zero-order chi connectivity index (χ0) is 21.6. The van der Waals surface area contributed by atoms with E-state index in [-0.39, 0.29) is 33.8 Å². The minimum atomic E-state index is -5.07. The number of hydrazine groups is 1. The van der Waals surface area contributed by atoms with Gasteiger partial charge in [-0.25, -0.2) is 10.6 Å². The molecule has 0 fully saturated rings. The van der Waals surface area contributed by atoms with Gasteiger partial charge in [-0.05, 0) is 32.0 Å². The lowest BCUT2D eigenvalue weighted by Gasteiger charge is -2.24. The molecule has 0 aliphatic heterocycles. The molecule has 0 bridgehead atoms. The van der Waals surface area contributed by atoms with Gasteiger partial charge in [-0.3, -0.25) is 24.7 Å².